The molecule has 0 aliphatic heterocycles. The van der Waals surface area contributed by atoms with Crippen molar-refractivity contribution in [2.75, 3.05) is 13.2 Å². The molecular formula is C23H27BrCl2N2O3. The summed E-state index contributed by atoms with van der Waals surface area (Å²) >= 11 is 15.7. The molecule has 0 aliphatic carbocycles. The molecule has 8 heteroatoms. The lowest BCUT2D eigenvalue weighted by atomic mass is 10.1. The molecule has 1 N–H and O–H groups in total. The van der Waals surface area contributed by atoms with Crippen LogP contribution in [0.5, 0.6) is 5.75 Å². The zero-order valence-electron chi connectivity index (χ0n) is 17.8. The van der Waals surface area contributed by atoms with Gasteiger partial charge in [0.2, 0.25) is 5.91 Å². The van der Waals surface area contributed by atoms with E-state index in [0.717, 1.165) is 5.56 Å². The van der Waals surface area contributed by atoms with Crippen molar-refractivity contribution in [1.82, 2.24) is 10.2 Å². The zero-order chi connectivity index (χ0) is 23.0. The van der Waals surface area contributed by atoms with Gasteiger partial charge in [-0.05, 0) is 58.1 Å². The number of hydrogen-bond acceptors (Lipinski definition) is 3. The van der Waals surface area contributed by atoms with Crippen LogP contribution in [-0.4, -0.2) is 35.9 Å². The molecular weight excluding hydrogens is 503 g/mol. The summed E-state index contributed by atoms with van der Waals surface area (Å²) in [6, 6.07) is 11.7. The van der Waals surface area contributed by atoms with Gasteiger partial charge >= 0.3 is 0 Å². The van der Waals surface area contributed by atoms with E-state index in [1.807, 2.05) is 39.0 Å². The van der Waals surface area contributed by atoms with Crippen LogP contribution in [0.4, 0.5) is 0 Å². The number of nitrogens with one attached hydrogen (secondary N) is 1. The first kappa shape index (κ1) is 25.5. The third-order valence-corrected chi connectivity index (χ3v) is 5.84. The predicted octanol–water partition coefficient (Wildman–Crippen LogP) is 5.71. The van der Waals surface area contributed by atoms with Crippen LogP contribution in [0, 0.1) is 5.92 Å². The summed E-state index contributed by atoms with van der Waals surface area (Å²) in [5.74, 6) is 0.296. The van der Waals surface area contributed by atoms with E-state index in [1.165, 1.54) is 4.90 Å². The Morgan fingerprint density at radius 3 is 2.48 bits per heavy atom. The van der Waals surface area contributed by atoms with Gasteiger partial charge < -0.3 is 15.0 Å². The number of carbonyl (C=O) groups excluding carboxylic acids is 2. The van der Waals surface area contributed by atoms with Crippen molar-refractivity contribution in [3.8, 4) is 5.75 Å². The van der Waals surface area contributed by atoms with Gasteiger partial charge in [0.05, 0.1) is 4.47 Å². The molecule has 0 aromatic heterocycles. The Bertz CT molecular complexity index is 908. The Labute approximate surface area is 202 Å². The van der Waals surface area contributed by atoms with Crippen molar-refractivity contribution < 1.29 is 14.3 Å². The average molecular weight is 530 g/mol. The van der Waals surface area contributed by atoms with Crippen molar-refractivity contribution in [2.24, 2.45) is 5.92 Å². The van der Waals surface area contributed by atoms with Crippen LogP contribution in [0.1, 0.15) is 32.8 Å². The molecule has 0 radical (unpaired) electrons. The molecule has 0 unspecified atom stereocenters. The lowest BCUT2D eigenvalue weighted by Gasteiger charge is -2.31. The summed E-state index contributed by atoms with van der Waals surface area (Å²) in [4.78, 5) is 27.6. The van der Waals surface area contributed by atoms with Crippen LogP contribution >= 0.6 is 39.1 Å². The summed E-state index contributed by atoms with van der Waals surface area (Å²) in [7, 11) is 0. The Morgan fingerprint density at radius 1 is 1.16 bits per heavy atom. The fourth-order valence-corrected chi connectivity index (χ4v) is 3.96. The summed E-state index contributed by atoms with van der Waals surface area (Å²) in [6.07, 6.45) is 0.463. The van der Waals surface area contributed by atoms with Gasteiger partial charge in [-0.2, -0.15) is 0 Å². The smallest absolute Gasteiger partial charge is 0.261 e. The summed E-state index contributed by atoms with van der Waals surface area (Å²) in [6.45, 7) is 6.44. The summed E-state index contributed by atoms with van der Waals surface area (Å²) in [5.41, 5.74) is 0.764. The summed E-state index contributed by atoms with van der Waals surface area (Å²) < 4.78 is 6.36. The van der Waals surface area contributed by atoms with E-state index >= 15 is 0 Å². The molecule has 0 bridgehead atoms. The van der Waals surface area contributed by atoms with Crippen LogP contribution in [0.25, 0.3) is 0 Å². The monoisotopic (exact) mass is 528 g/mol. The van der Waals surface area contributed by atoms with E-state index in [4.69, 9.17) is 27.9 Å². The fraction of sp³-hybridized carbons (Fsp3) is 0.391. The van der Waals surface area contributed by atoms with Crippen molar-refractivity contribution in [1.29, 1.82) is 0 Å². The van der Waals surface area contributed by atoms with Crippen molar-refractivity contribution >= 4 is 50.9 Å². The molecule has 0 spiro atoms. The number of benzene rings is 2. The first-order valence-corrected chi connectivity index (χ1v) is 11.7. The van der Waals surface area contributed by atoms with E-state index in [2.05, 4.69) is 21.2 Å². The number of rotatable bonds is 10. The number of carbonyl (C=O) groups is 2. The topological polar surface area (TPSA) is 58.6 Å². The second-order valence-corrected chi connectivity index (χ2v) is 9.24. The van der Waals surface area contributed by atoms with Gasteiger partial charge in [-0.25, -0.2) is 0 Å². The highest BCUT2D eigenvalue weighted by Gasteiger charge is 2.29. The maximum atomic E-state index is 13.2. The van der Waals surface area contributed by atoms with E-state index in [1.54, 1.807) is 24.3 Å². The van der Waals surface area contributed by atoms with E-state index < -0.39 is 6.04 Å². The Balaban J connectivity index is 2.23. The molecule has 168 valence electrons. The van der Waals surface area contributed by atoms with Crippen LogP contribution in [0.15, 0.2) is 46.9 Å². The third-order valence-electron chi connectivity index (χ3n) is 4.61. The fourth-order valence-electron chi connectivity index (χ4n) is 2.97. The molecule has 0 saturated carbocycles. The average Bonchev–Trinajstić information content (AvgIpc) is 2.72. The van der Waals surface area contributed by atoms with Crippen LogP contribution in [0.2, 0.25) is 10.0 Å². The van der Waals surface area contributed by atoms with E-state index in [0.29, 0.717) is 39.2 Å². The maximum absolute atomic E-state index is 13.2. The second kappa shape index (κ2) is 12.3. The minimum atomic E-state index is -0.639. The Hall–Kier alpha value is -1.76. The highest BCUT2D eigenvalue weighted by molar-refractivity contribution is 9.10. The second-order valence-electron chi connectivity index (χ2n) is 7.54. The first-order chi connectivity index (χ1) is 14.7. The van der Waals surface area contributed by atoms with Gasteiger partial charge in [0.1, 0.15) is 11.8 Å². The molecule has 0 aliphatic rings. The minimum absolute atomic E-state index is 0.190. The molecule has 0 fully saturated rings. The summed E-state index contributed by atoms with van der Waals surface area (Å²) in [5, 5.41) is 4.02. The van der Waals surface area contributed by atoms with Gasteiger partial charge in [0, 0.05) is 23.1 Å². The van der Waals surface area contributed by atoms with Gasteiger partial charge in [0.15, 0.2) is 6.61 Å². The molecule has 0 heterocycles. The van der Waals surface area contributed by atoms with Crippen LogP contribution in [0.3, 0.4) is 0 Å². The number of amides is 2. The quantitative estimate of drug-likeness (QED) is 0.428. The number of hydrogen-bond donors (Lipinski definition) is 1. The van der Waals surface area contributed by atoms with E-state index in [-0.39, 0.29) is 25.0 Å². The van der Waals surface area contributed by atoms with Crippen molar-refractivity contribution in [3.05, 3.63) is 62.5 Å². The molecule has 0 saturated heterocycles. The van der Waals surface area contributed by atoms with Gasteiger partial charge in [-0.1, -0.05) is 62.2 Å². The highest BCUT2D eigenvalue weighted by Crippen LogP contribution is 2.28. The molecule has 2 aromatic rings. The van der Waals surface area contributed by atoms with Crippen molar-refractivity contribution in [3.63, 3.8) is 0 Å². The number of nitrogens with zero attached hydrogens (tertiary/aromatic N) is 1. The van der Waals surface area contributed by atoms with Crippen molar-refractivity contribution in [2.45, 2.75) is 39.8 Å². The van der Waals surface area contributed by atoms with Gasteiger partial charge in [0.25, 0.3) is 5.91 Å². The van der Waals surface area contributed by atoms with Crippen LogP contribution < -0.4 is 10.1 Å². The zero-order valence-corrected chi connectivity index (χ0v) is 20.9. The molecule has 31 heavy (non-hydrogen) atoms. The Morgan fingerprint density at radius 2 is 1.87 bits per heavy atom. The minimum Gasteiger partial charge on any atom is -0.483 e. The third kappa shape index (κ3) is 7.70. The molecule has 2 rings (SSSR count). The van der Waals surface area contributed by atoms with Gasteiger partial charge in [-0.15, -0.1) is 0 Å². The lowest BCUT2D eigenvalue weighted by molar-refractivity contribution is -0.143. The number of halogens is 3. The standard InChI is InChI=1S/C23H27BrCl2N2O3/c1-4-20(23(30)27-12-15(2)3)28(13-16-7-5-6-8-19(16)26)22(29)14-31-21-10-9-17(25)11-18(21)24/h5-11,15,20H,4,12-14H2,1-3H3,(H,27,30)/t20-/m1/s1. The molecule has 1 atom stereocenters. The van der Waals surface area contributed by atoms with E-state index in [9.17, 15) is 9.59 Å². The molecule has 5 nitrogen and oxygen atoms in total. The highest BCUT2D eigenvalue weighted by atomic mass is 79.9. The largest absolute Gasteiger partial charge is 0.483 e. The first-order valence-electron chi connectivity index (χ1n) is 10.1. The lowest BCUT2D eigenvalue weighted by Crippen LogP contribution is -2.50. The molecule has 2 amide bonds. The number of ether oxygens (including phenoxy) is 1. The normalized spacial score (nSPS) is 11.8. The Kier molecular flexibility index (Phi) is 10.1. The maximum Gasteiger partial charge on any atom is 0.261 e. The predicted molar refractivity (Wildman–Crippen MR) is 129 cm³/mol. The van der Waals surface area contributed by atoms with Gasteiger partial charge in [-0.3, -0.25) is 9.59 Å². The SMILES string of the molecule is CC[C@H](C(=O)NCC(C)C)N(Cc1ccccc1Cl)C(=O)COc1ccc(Cl)cc1Br. The van der Waals surface area contributed by atoms with Crippen LogP contribution in [-0.2, 0) is 16.1 Å². The molecule has 2 aromatic carbocycles.